The van der Waals surface area contributed by atoms with Gasteiger partial charge in [-0.15, -0.1) is 0 Å². The summed E-state index contributed by atoms with van der Waals surface area (Å²) in [7, 11) is 0. The molecule has 224 valence electrons. The summed E-state index contributed by atoms with van der Waals surface area (Å²) in [4.78, 5) is 52.3. The van der Waals surface area contributed by atoms with Gasteiger partial charge in [0, 0.05) is 35.0 Å². The molecule has 1 aromatic rings. The molecule has 0 aliphatic carbocycles. The Morgan fingerprint density at radius 1 is 1.26 bits per heavy atom. The van der Waals surface area contributed by atoms with E-state index in [0.29, 0.717) is 50.2 Å². The van der Waals surface area contributed by atoms with E-state index < -0.39 is 29.2 Å². The normalized spacial score (nSPS) is 22.8. The summed E-state index contributed by atoms with van der Waals surface area (Å²) >= 11 is 2.02. The average molecular weight is 701 g/mol. The highest BCUT2D eigenvalue weighted by Gasteiger charge is 2.45. The van der Waals surface area contributed by atoms with E-state index in [0.717, 1.165) is 0 Å². The molecule has 1 amide bonds. The maximum Gasteiger partial charge on any atom is 0.408 e. The first-order chi connectivity index (χ1) is 20.4. The third kappa shape index (κ3) is 5.26. The zero-order valence-corrected chi connectivity index (χ0v) is 26.1. The number of hydrogen-bond acceptors (Lipinski definition) is 9. The summed E-state index contributed by atoms with van der Waals surface area (Å²) in [6, 6.07) is 2.03. The molecule has 0 spiro atoms. The molecule has 0 saturated heterocycles. The van der Waals surface area contributed by atoms with Crippen molar-refractivity contribution in [3.63, 3.8) is 0 Å². The number of nitrogens with zero attached hydrogens (tertiary/aromatic N) is 2. The van der Waals surface area contributed by atoms with Crippen LogP contribution >= 0.6 is 22.6 Å². The predicted octanol–water partition coefficient (Wildman–Crippen LogP) is 4.21. The van der Waals surface area contributed by atoms with Gasteiger partial charge in [0.2, 0.25) is 5.76 Å². The molecule has 10 nitrogen and oxygen atoms in total. The SMILES string of the molecule is CC[C@@]1(O)C(=C=O)OCC2=C1C=CN(CC1=C(I)C(=C=O)c3cc(F)cc4c3N1CCC4NC(=O)OC(C)(C)C)C2=C=O. The Bertz CT molecular complexity index is 1670. The van der Waals surface area contributed by atoms with Crippen molar-refractivity contribution < 1.29 is 38.1 Å². The van der Waals surface area contributed by atoms with Crippen LogP contribution in [0.25, 0.3) is 5.57 Å². The van der Waals surface area contributed by atoms with Crippen LogP contribution in [-0.4, -0.2) is 64.8 Å². The van der Waals surface area contributed by atoms with Crippen molar-refractivity contribution in [1.29, 1.82) is 0 Å². The summed E-state index contributed by atoms with van der Waals surface area (Å²) in [5.74, 6) is 4.76. The molecule has 0 radical (unpaired) electrons. The van der Waals surface area contributed by atoms with Crippen LogP contribution in [0.15, 0.2) is 56.3 Å². The summed E-state index contributed by atoms with van der Waals surface area (Å²) < 4.78 is 26.4. The molecule has 1 unspecified atom stereocenters. The number of carbonyl (C=O) groups excluding carboxylic acids is 4. The minimum atomic E-state index is -1.74. The lowest BCUT2D eigenvalue weighted by Gasteiger charge is -2.44. The van der Waals surface area contributed by atoms with E-state index >= 15 is 0 Å². The molecule has 0 saturated carbocycles. The molecule has 1 aromatic carbocycles. The number of benzene rings is 1. The lowest BCUT2D eigenvalue weighted by atomic mass is 9.81. The van der Waals surface area contributed by atoms with E-state index in [1.807, 2.05) is 39.4 Å². The molecular formula is C31H29FIN3O7. The number of ether oxygens (including phenoxy) is 2. The third-order valence-corrected chi connectivity index (χ3v) is 8.94. The summed E-state index contributed by atoms with van der Waals surface area (Å²) in [6.45, 7) is 7.28. The Balaban J connectivity index is 1.53. The number of nitrogens with one attached hydrogen (secondary N) is 1. The summed E-state index contributed by atoms with van der Waals surface area (Å²) in [5, 5.41) is 14.1. The van der Waals surface area contributed by atoms with Gasteiger partial charge < -0.3 is 29.7 Å². The number of rotatable bonds is 4. The lowest BCUT2D eigenvalue weighted by Crippen LogP contribution is -2.44. The Morgan fingerprint density at radius 3 is 2.63 bits per heavy atom. The molecule has 12 heteroatoms. The van der Waals surface area contributed by atoms with Gasteiger partial charge in [-0.1, -0.05) is 6.92 Å². The van der Waals surface area contributed by atoms with Crippen LogP contribution in [0.4, 0.5) is 14.9 Å². The quantitative estimate of drug-likeness (QED) is 0.351. The standard InChI is InChI=1S/C31H29FIN3O7/c1-5-31(41)22-6-8-35(25(14-38)21(22)16-42-26(31)15-39)12-24-27(33)20(13-37)18-10-17(32)11-19-23(7-9-36(24)28(18)19)34-29(40)43-30(2,3)4/h6,8,10-11,23,41H,5,7,9,12,16H2,1-4H3,(H,34,40)/t23?,31-/m0/s1. The minimum absolute atomic E-state index is 0.0999. The van der Waals surface area contributed by atoms with Gasteiger partial charge in [-0.2, -0.15) is 0 Å². The fourth-order valence-electron chi connectivity index (χ4n) is 5.85. The first kappa shape index (κ1) is 30.5. The zero-order valence-electron chi connectivity index (χ0n) is 24.0. The fourth-order valence-corrected chi connectivity index (χ4v) is 6.71. The number of aliphatic hydroxyl groups is 1. The molecule has 2 atom stereocenters. The van der Waals surface area contributed by atoms with Crippen molar-refractivity contribution in [1.82, 2.24) is 10.2 Å². The lowest BCUT2D eigenvalue weighted by molar-refractivity contribution is 0.0313. The molecule has 4 heterocycles. The van der Waals surface area contributed by atoms with Crippen LogP contribution < -0.4 is 10.2 Å². The second-order valence-electron chi connectivity index (χ2n) is 11.5. The molecule has 4 aliphatic rings. The molecule has 0 bridgehead atoms. The second kappa shape index (κ2) is 11.3. The number of allylic oxidation sites excluding steroid dienone is 2. The van der Waals surface area contributed by atoms with Gasteiger partial charge in [-0.3, -0.25) is 0 Å². The molecule has 2 N–H and O–H groups in total. The smallest absolute Gasteiger partial charge is 0.408 e. The number of hydrogen-bond donors (Lipinski definition) is 2. The van der Waals surface area contributed by atoms with Crippen molar-refractivity contribution in [2.24, 2.45) is 0 Å². The Labute approximate surface area is 261 Å². The van der Waals surface area contributed by atoms with Gasteiger partial charge in [0.25, 0.3) is 0 Å². The highest BCUT2D eigenvalue weighted by atomic mass is 127. The monoisotopic (exact) mass is 701 g/mol. The van der Waals surface area contributed by atoms with Crippen molar-refractivity contribution in [2.45, 2.75) is 57.8 Å². The van der Waals surface area contributed by atoms with E-state index in [1.165, 1.54) is 12.1 Å². The van der Waals surface area contributed by atoms with Gasteiger partial charge in [0.1, 0.15) is 29.7 Å². The molecule has 43 heavy (non-hydrogen) atoms. The highest BCUT2D eigenvalue weighted by molar-refractivity contribution is 14.1. The molecule has 0 fully saturated rings. The molecular weight excluding hydrogens is 672 g/mol. The molecule has 0 aromatic heterocycles. The largest absolute Gasteiger partial charge is 0.479 e. The van der Waals surface area contributed by atoms with E-state index in [2.05, 4.69) is 5.32 Å². The Kier molecular flexibility index (Phi) is 8.02. The number of amides is 1. The van der Waals surface area contributed by atoms with Crippen LogP contribution in [-0.2, 0) is 23.9 Å². The fraction of sp³-hybridized carbons (Fsp3) is 0.387. The van der Waals surface area contributed by atoms with Gasteiger partial charge in [0.05, 0.1) is 33.1 Å². The van der Waals surface area contributed by atoms with Crippen LogP contribution in [0, 0.1) is 5.82 Å². The number of carbonyl (C=O) groups is 1. The average Bonchev–Trinajstić information content (AvgIpc) is 2.95. The van der Waals surface area contributed by atoms with Crippen molar-refractivity contribution in [3.05, 3.63) is 73.2 Å². The Hall–Kier alpha value is -3.92. The van der Waals surface area contributed by atoms with E-state index in [4.69, 9.17) is 9.47 Å². The number of alkyl carbamates (subject to hydrolysis) is 1. The van der Waals surface area contributed by atoms with E-state index in [9.17, 15) is 28.7 Å². The molecule has 4 aliphatic heterocycles. The first-order valence-electron chi connectivity index (χ1n) is 13.7. The van der Waals surface area contributed by atoms with Crippen molar-refractivity contribution >= 4 is 57.8 Å². The minimum Gasteiger partial charge on any atom is -0.479 e. The Morgan fingerprint density at radius 2 is 2.00 bits per heavy atom. The van der Waals surface area contributed by atoms with Gasteiger partial charge in [-0.25, -0.2) is 23.6 Å². The maximum absolute atomic E-state index is 14.9. The number of halogens is 2. The van der Waals surface area contributed by atoms with Crippen LogP contribution in [0.1, 0.15) is 57.7 Å². The molecule has 5 rings (SSSR count). The van der Waals surface area contributed by atoms with Crippen LogP contribution in [0.5, 0.6) is 0 Å². The third-order valence-electron chi connectivity index (χ3n) is 7.77. The zero-order chi connectivity index (χ0) is 31.3. The van der Waals surface area contributed by atoms with Gasteiger partial charge in [-0.05, 0) is 74.4 Å². The summed E-state index contributed by atoms with van der Waals surface area (Å²) in [5.41, 5.74) is 0.549. The van der Waals surface area contributed by atoms with Crippen molar-refractivity contribution in [2.75, 3.05) is 24.6 Å². The maximum atomic E-state index is 14.9. The van der Waals surface area contributed by atoms with E-state index in [1.54, 1.807) is 50.8 Å². The predicted molar refractivity (Wildman–Crippen MR) is 163 cm³/mol. The topological polar surface area (TPSA) is 125 Å². The van der Waals surface area contributed by atoms with E-state index in [-0.39, 0.29) is 36.6 Å². The van der Waals surface area contributed by atoms with Crippen molar-refractivity contribution in [3.8, 4) is 0 Å². The summed E-state index contributed by atoms with van der Waals surface area (Å²) in [6.07, 6.45) is 3.10. The van der Waals surface area contributed by atoms with Gasteiger partial charge >= 0.3 is 6.09 Å². The van der Waals surface area contributed by atoms with Crippen LogP contribution in [0.3, 0.4) is 0 Å². The van der Waals surface area contributed by atoms with Crippen LogP contribution in [0.2, 0.25) is 0 Å². The first-order valence-corrected chi connectivity index (χ1v) is 14.7. The second-order valence-corrected chi connectivity index (χ2v) is 12.6. The van der Waals surface area contributed by atoms with Gasteiger partial charge in [0.15, 0.2) is 17.5 Å². The number of anilines is 1. The highest BCUT2D eigenvalue weighted by Crippen LogP contribution is 2.49.